The van der Waals surface area contributed by atoms with Gasteiger partial charge in [-0.15, -0.1) is 24.8 Å². The first-order chi connectivity index (χ1) is 17.5. The molecule has 2 aliphatic rings. The molecule has 3 aromatic carbocycles. The summed E-state index contributed by atoms with van der Waals surface area (Å²) in [5, 5.41) is 21.0. The Balaban J connectivity index is 0.00000200. The molecule has 1 saturated heterocycles. The van der Waals surface area contributed by atoms with Gasteiger partial charge in [0.05, 0.1) is 18.8 Å². The minimum absolute atomic E-state index is 0. The number of fused-ring (bicyclic) bond motifs is 1. The van der Waals surface area contributed by atoms with Gasteiger partial charge in [0.15, 0.2) is 0 Å². The topological polar surface area (TPSA) is 56.2 Å². The van der Waals surface area contributed by atoms with Gasteiger partial charge in [0, 0.05) is 32.7 Å². The fraction of sp³-hybridized carbons (Fsp3) is 0.379. The van der Waals surface area contributed by atoms with E-state index in [1.165, 1.54) is 35.4 Å². The molecule has 5 rings (SSSR count). The van der Waals surface area contributed by atoms with E-state index in [1.807, 2.05) is 6.07 Å². The zero-order chi connectivity index (χ0) is 25.1. The average Bonchev–Trinajstić information content (AvgIpc) is 3.21. The van der Waals surface area contributed by atoms with Crippen molar-refractivity contribution in [3.05, 3.63) is 107 Å². The van der Waals surface area contributed by atoms with E-state index in [0.29, 0.717) is 26.2 Å². The summed E-state index contributed by atoms with van der Waals surface area (Å²) >= 11 is 0. The molecule has 0 aromatic heterocycles. The fourth-order valence-corrected chi connectivity index (χ4v) is 5.49. The minimum Gasteiger partial charge on any atom is -0.394 e. The van der Waals surface area contributed by atoms with Crippen LogP contribution in [0.15, 0.2) is 72.8 Å². The lowest BCUT2D eigenvalue weighted by atomic mass is 9.95. The van der Waals surface area contributed by atoms with Crippen LogP contribution in [0.1, 0.15) is 22.3 Å². The van der Waals surface area contributed by atoms with E-state index in [0.717, 1.165) is 24.1 Å². The smallest absolute Gasteiger partial charge is 0.123 e. The molecule has 2 heterocycles. The lowest BCUT2D eigenvalue weighted by Gasteiger charge is -2.38. The van der Waals surface area contributed by atoms with Gasteiger partial charge in [-0.3, -0.25) is 9.80 Å². The molecule has 1 fully saturated rings. The third-order valence-electron chi connectivity index (χ3n) is 7.30. The van der Waals surface area contributed by atoms with E-state index in [9.17, 15) is 19.0 Å². The maximum atomic E-state index is 13.5. The molecule has 4 atom stereocenters. The molecule has 5 nitrogen and oxygen atoms in total. The normalized spacial score (nSPS) is 23.0. The van der Waals surface area contributed by atoms with E-state index in [4.69, 9.17) is 4.74 Å². The molecule has 0 bridgehead atoms. The number of ether oxygens (including phenoxy) is 1. The molecule has 0 saturated carbocycles. The monoisotopic (exact) mass is 566 g/mol. The first kappa shape index (κ1) is 30.4. The van der Waals surface area contributed by atoms with Crippen LogP contribution in [-0.2, 0) is 30.8 Å². The molecule has 0 aliphatic carbocycles. The molecule has 3 aromatic rings. The highest BCUT2D eigenvalue weighted by Gasteiger charge is 2.47. The average molecular weight is 568 g/mol. The van der Waals surface area contributed by atoms with Crippen LogP contribution in [0.2, 0.25) is 0 Å². The summed E-state index contributed by atoms with van der Waals surface area (Å²) in [6.07, 6.45) is -0.923. The lowest BCUT2D eigenvalue weighted by Crippen LogP contribution is -2.52. The maximum absolute atomic E-state index is 13.5. The van der Waals surface area contributed by atoms with Crippen LogP contribution < -0.4 is 0 Å². The number of aliphatic hydroxyl groups is 2. The van der Waals surface area contributed by atoms with Gasteiger partial charge in [0.1, 0.15) is 23.8 Å². The molecule has 0 unspecified atom stereocenters. The van der Waals surface area contributed by atoms with E-state index in [2.05, 4.69) is 28.0 Å². The molecule has 0 spiro atoms. The number of aliphatic hydroxyl groups excluding tert-OH is 2. The molecular weight excluding hydrogens is 533 g/mol. The predicted molar refractivity (Wildman–Crippen MR) is 148 cm³/mol. The number of halogens is 4. The summed E-state index contributed by atoms with van der Waals surface area (Å²) < 4.78 is 33.2. The Kier molecular flexibility index (Phi) is 11.1. The second-order valence-electron chi connectivity index (χ2n) is 9.79. The quantitative estimate of drug-likeness (QED) is 0.424. The fourth-order valence-electron chi connectivity index (χ4n) is 5.49. The van der Waals surface area contributed by atoms with Crippen molar-refractivity contribution in [1.29, 1.82) is 0 Å². The first-order valence-electron chi connectivity index (χ1n) is 12.5. The van der Waals surface area contributed by atoms with E-state index in [1.54, 1.807) is 24.3 Å². The van der Waals surface area contributed by atoms with Gasteiger partial charge >= 0.3 is 0 Å². The third-order valence-corrected chi connectivity index (χ3v) is 7.30. The Bertz CT molecular complexity index is 1110. The number of nitrogens with zero attached hydrogens (tertiary/aromatic N) is 2. The Morgan fingerprint density at radius 3 is 1.92 bits per heavy atom. The van der Waals surface area contributed by atoms with Crippen LogP contribution >= 0.6 is 24.8 Å². The number of hydrogen-bond acceptors (Lipinski definition) is 5. The van der Waals surface area contributed by atoms with Crippen molar-refractivity contribution in [3.63, 3.8) is 0 Å². The Labute approximate surface area is 234 Å². The zero-order valence-corrected chi connectivity index (χ0v) is 22.6. The SMILES string of the molecule is Cl.Cl.OC[C@@H]1O[C@H](CN(Cc2ccc(F)cc2)Cc2ccc(F)cc2)[C@H](N2CCc3ccccc3C2)[C@@H]1O. The van der Waals surface area contributed by atoms with Crippen molar-refractivity contribution in [3.8, 4) is 0 Å². The van der Waals surface area contributed by atoms with E-state index >= 15 is 0 Å². The number of hydrogen-bond donors (Lipinski definition) is 2. The van der Waals surface area contributed by atoms with E-state index < -0.39 is 12.2 Å². The molecule has 9 heteroatoms. The molecule has 2 aliphatic heterocycles. The second-order valence-corrected chi connectivity index (χ2v) is 9.79. The molecule has 0 amide bonds. The largest absolute Gasteiger partial charge is 0.394 e. The van der Waals surface area contributed by atoms with Crippen molar-refractivity contribution in [2.45, 2.75) is 50.4 Å². The summed E-state index contributed by atoms with van der Waals surface area (Å²) in [6.45, 7) is 2.82. The summed E-state index contributed by atoms with van der Waals surface area (Å²) in [5.74, 6) is -0.579. The van der Waals surface area contributed by atoms with Crippen molar-refractivity contribution >= 4 is 24.8 Å². The van der Waals surface area contributed by atoms with Gasteiger partial charge in [-0.25, -0.2) is 8.78 Å². The van der Waals surface area contributed by atoms with Crippen LogP contribution in [0.3, 0.4) is 0 Å². The van der Waals surface area contributed by atoms with Crippen molar-refractivity contribution in [2.75, 3.05) is 19.7 Å². The summed E-state index contributed by atoms with van der Waals surface area (Å²) in [6, 6.07) is 20.9. The van der Waals surface area contributed by atoms with Crippen LogP contribution in [-0.4, -0.2) is 64.1 Å². The minimum atomic E-state index is -0.816. The van der Waals surface area contributed by atoms with Gasteiger partial charge < -0.3 is 14.9 Å². The molecular formula is C29H34Cl2F2N2O3. The van der Waals surface area contributed by atoms with Gasteiger partial charge in [0.2, 0.25) is 0 Å². The molecule has 0 radical (unpaired) electrons. The summed E-state index contributed by atoms with van der Waals surface area (Å²) in [4.78, 5) is 4.43. The van der Waals surface area contributed by atoms with Crippen LogP contribution in [0, 0.1) is 11.6 Å². The van der Waals surface area contributed by atoms with Gasteiger partial charge in [-0.05, 0) is 52.9 Å². The summed E-state index contributed by atoms with van der Waals surface area (Å²) in [7, 11) is 0. The van der Waals surface area contributed by atoms with Crippen molar-refractivity contribution in [2.24, 2.45) is 0 Å². The van der Waals surface area contributed by atoms with Crippen molar-refractivity contribution < 1.29 is 23.7 Å². The Morgan fingerprint density at radius 2 is 1.37 bits per heavy atom. The highest BCUT2D eigenvalue weighted by Crippen LogP contribution is 2.31. The number of benzene rings is 3. The highest BCUT2D eigenvalue weighted by atomic mass is 35.5. The third kappa shape index (κ3) is 7.10. The summed E-state index contributed by atoms with van der Waals surface area (Å²) in [5.41, 5.74) is 4.46. The number of rotatable bonds is 8. The second kappa shape index (κ2) is 13.8. The standard InChI is InChI=1S/C29H32F2N2O3.2ClH/c30-24-9-5-20(6-10-24)15-32(16-21-7-11-25(31)12-8-21)18-26-28(29(35)27(19-34)36-26)33-14-13-22-3-1-2-4-23(22)17-33;;/h1-12,26-29,34-35H,13-19H2;2*1H/t26-,27+,28+,29-;;/m1../s1. The van der Waals surface area contributed by atoms with Crippen molar-refractivity contribution in [1.82, 2.24) is 9.80 Å². The van der Waals surface area contributed by atoms with Crippen LogP contribution in [0.5, 0.6) is 0 Å². The molecule has 38 heavy (non-hydrogen) atoms. The van der Waals surface area contributed by atoms with Crippen LogP contribution in [0.25, 0.3) is 0 Å². The van der Waals surface area contributed by atoms with Gasteiger partial charge in [-0.1, -0.05) is 48.5 Å². The van der Waals surface area contributed by atoms with E-state index in [-0.39, 0.29) is 55.2 Å². The van der Waals surface area contributed by atoms with Gasteiger partial charge in [-0.2, -0.15) is 0 Å². The Hall–Kier alpha value is -2.10. The first-order valence-corrected chi connectivity index (χ1v) is 12.5. The molecule has 2 N–H and O–H groups in total. The van der Waals surface area contributed by atoms with Gasteiger partial charge in [0.25, 0.3) is 0 Å². The lowest BCUT2D eigenvalue weighted by molar-refractivity contribution is -0.0326. The van der Waals surface area contributed by atoms with Crippen LogP contribution in [0.4, 0.5) is 8.78 Å². The highest BCUT2D eigenvalue weighted by molar-refractivity contribution is 5.85. The Morgan fingerprint density at radius 1 is 0.816 bits per heavy atom. The maximum Gasteiger partial charge on any atom is 0.123 e. The zero-order valence-electron chi connectivity index (χ0n) is 21.0. The molecule has 206 valence electrons. The predicted octanol–water partition coefficient (Wildman–Crippen LogP) is 4.36.